The molecule has 10 heteroatoms. The van der Waals surface area contributed by atoms with Crippen LogP contribution >= 0.6 is 0 Å². The number of hydrogen-bond donors (Lipinski definition) is 2. The molecule has 3 aliphatic heterocycles. The van der Waals surface area contributed by atoms with Crippen molar-refractivity contribution in [2.24, 2.45) is 11.7 Å². The van der Waals surface area contributed by atoms with E-state index in [1.165, 1.54) is 37.7 Å². The molecule has 1 amide bonds. The molecule has 1 atom stereocenters. The van der Waals surface area contributed by atoms with E-state index < -0.39 is 5.91 Å². The molecular formula is C31H44N8O2. The second-order valence-electron chi connectivity index (χ2n) is 11.6. The van der Waals surface area contributed by atoms with Crippen LogP contribution in [0.2, 0.25) is 0 Å². The second-order valence-corrected chi connectivity index (χ2v) is 11.6. The zero-order valence-electron chi connectivity index (χ0n) is 24.5. The highest BCUT2D eigenvalue weighted by Crippen LogP contribution is 2.31. The first-order valence-corrected chi connectivity index (χ1v) is 15.0. The first-order chi connectivity index (χ1) is 19.8. The third-order valence-electron chi connectivity index (χ3n) is 8.83. The van der Waals surface area contributed by atoms with Crippen molar-refractivity contribution >= 4 is 34.7 Å². The predicted molar refractivity (Wildman–Crippen MR) is 164 cm³/mol. The molecule has 3 aliphatic rings. The minimum absolute atomic E-state index is 0.0629. The van der Waals surface area contributed by atoms with Crippen molar-refractivity contribution in [3.8, 4) is 0 Å². The van der Waals surface area contributed by atoms with Gasteiger partial charge in [0.1, 0.15) is 0 Å². The fourth-order valence-corrected chi connectivity index (χ4v) is 6.34. The van der Waals surface area contributed by atoms with Crippen LogP contribution in [-0.2, 0) is 11.2 Å². The summed E-state index contributed by atoms with van der Waals surface area (Å²) in [5.41, 5.74) is 8.62. The normalized spacial score (nSPS) is 20.8. The number of piperidine rings is 1. The molecule has 10 nitrogen and oxygen atoms in total. The number of nitrogens with zero attached hydrogens (tertiary/aromatic N) is 6. The van der Waals surface area contributed by atoms with Gasteiger partial charge in [0, 0.05) is 76.2 Å². The molecule has 4 heterocycles. The number of aromatic nitrogens is 2. The van der Waals surface area contributed by atoms with Gasteiger partial charge in [-0.25, -0.2) is 9.97 Å². The number of hydrogen-bond acceptors (Lipinski definition) is 9. The molecule has 0 radical (unpaired) electrons. The summed E-state index contributed by atoms with van der Waals surface area (Å²) in [6.45, 7) is 13.9. The van der Waals surface area contributed by atoms with Gasteiger partial charge in [-0.3, -0.25) is 14.5 Å². The van der Waals surface area contributed by atoms with Crippen LogP contribution in [0.15, 0.2) is 36.9 Å². The number of likely N-dealkylation sites (N-methyl/N-ethyl adjacent to an activating group) is 1. The number of nitrogens with two attached hydrogens (primary N) is 1. The fraction of sp³-hybridized carbons (Fsp3) is 0.548. The Labute approximate surface area is 243 Å². The van der Waals surface area contributed by atoms with E-state index in [0.717, 1.165) is 62.9 Å². The van der Waals surface area contributed by atoms with E-state index in [-0.39, 0.29) is 17.4 Å². The van der Waals surface area contributed by atoms with Gasteiger partial charge in [-0.05, 0) is 69.0 Å². The van der Waals surface area contributed by atoms with Gasteiger partial charge in [-0.2, -0.15) is 0 Å². The maximum absolute atomic E-state index is 12.3. The van der Waals surface area contributed by atoms with E-state index in [1.807, 2.05) is 19.1 Å². The molecule has 1 aromatic carbocycles. The molecular weight excluding hydrogens is 516 g/mol. The molecule has 3 fully saturated rings. The smallest absolute Gasteiger partial charge is 0.271 e. The Hall–Kier alpha value is -3.50. The minimum atomic E-state index is -0.614. The van der Waals surface area contributed by atoms with Crippen molar-refractivity contribution in [1.29, 1.82) is 0 Å². The zero-order valence-corrected chi connectivity index (χ0v) is 24.5. The number of rotatable bonds is 10. The van der Waals surface area contributed by atoms with Crippen molar-refractivity contribution in [2.45, 2.75) is 45.1 Å². The Morgan fingerprint density at radius 3 is 2.32 bits per heavy atom. The summed E-state index contributed by atoms with van der Waals surface area (Å²) >= 11 is 0. The summed E-state index contributed by atoms with van der Waals surface area (Å²) in [5, 5.41) is 3.31. The van der Waals surface area contributed by atoms with Gasteiger partial charge in [0.05, 0.1) is 5.69 Å². The molecule has 3 N–H and O–H groups in total. The molecule has 0 saturated carbocycles. The molecule has 0 bridgehead atoms. The summed E-state index contributed by atoms with van der Waals surface area (Å²) in [6.07, 6.45) is 5.78. The molecule has 1 aromatic heterocycles. The Balaban J connectivity index is 1.26. The number of anilines is 4. The summed E-state index contributed by atoms with van der Waals surface area (Å²) in [6, 6.07) is 8.97. The lowest BCUT2D eigenvalue weighted by Crippen LogP contribution is -2.52. The number of aryl methyl sites for hydroxylation is 1. The van der Waals surface area contributed by atoms with Crippen LogP contribution in [0, 0.1) is 5.92 Å². The summed E-state index contributed by atoms with van der Waals surface area (Å²) in [5.74, 6) is 0.799. The van der Waals surface area contributed by atoms with Crippen LogP contribution in [0.5, 0.6) is 0 Å². The molecule has 220 valence electrons. The number of allylic oxidation sites excluding steroid dienone is 1. The average molecular weight is 561 g/mol. The number of ketones is 1. The first kappa shape index (κ1) is 29.0. The Morgan fingerprint density at radius 1 is 1.00 bits per heavy atom. The molecule has 0 spiro atoms. The van der Waals surface area contributed by atoms with Crippen LogP contribution in [0.1, 0.15) is 48.8 Å². The number of nitrogens with one attached hydrogen (secondary N) is 1. The topological polar surface area (TPSA) is 111 Å². The van der Waals surface area contributed by atoms with E-state index in [2.05, 4.69) is 55.7 Å². The van der Waals surface area contributed by atoms with Gasteiger partial charge < -0.3 is 25.8 Å². The van der Waals surface area contributed by atoms with Gasteiger partial charge in [-0.15, -0.1) is 0 Å². The highest BCUT2D eigenvalue weighted by atomic mass is 16.1. The number of benzene rings is 1. The Kier molecular flexibility index (Phi) is 9.19. The highest BCUT2D eigenvalue weighted by Gasteiger charge is 2.29. The van der Waals surface area contributed by atoms with Crippen molar-refractivity contribution in [3.63, 3.8) is 0 Å². The van der Waals surface area contributed by atoms with Crippen molar-refractivity contribution in [1.82, 2.24) is 19.8 Å². The summed E-state index contributed by atoms with van der Waals surface area (Å²) in [4.78, 5) is 43.4. The minimum Gasteiger partial charge on any atom is -0.371 e. The van der Waals surface area contributed by atoms with E-state index >= 15 is 0 Å². The van der Waals surface area contributed by atoms with Crippen LogP contribution in [0.3, 0.4) is 0 Å². The maximum atomic E-state index is 12.3. The lowest BCUT2D eigenvalue weighted by Gasteiger charge is -2.42. The van der Waals surface area contributed by atoms with Crippen LogP contribution in [0.25, 0.3) is 0 Å². The van der Waals surface area contributed by atoms with E-state index in [9.17, 15) is 9.59 Å². The van der Waals surface area contributed by atoms with E-state index in [0.29, 0.717) is 24.7 Å². The van der Waals surface area contributed by atoms with E-state index in [1.54, 1.807) is 0 Å². The number of primary amides is 1. The Morgan fingerprint density at radius 2 is 1.68 bits per heavy atom. The number of carbonyl (C=O) groups excluding carboxylic acids is 2. The summed E-state index contributed by atoms with van der Waals surface area (Å²) < 4.78 is 0. The van der Waals surface area contributed by atoms with E-state index in [4.69, 9.17) is 10.7 Å². The van der Waals surface area contributed by atoms with Crippen molar-refractivity contribution in [2.75, 3.05) is 74.5 Å². The molecule has 3 saturated heterocycles. The second kappa shape index (κ2) is 13.0. The first-order valence-electron chi connectivity index (χ1n) is 15.0. The number of carbonyl (C=O) groups is 2. The Bertz CT molecular complexity index is 1230. The largest absolute Gasteiger partial charge is 0.371 e. The van der Waals surface area contributed by atoms with Crippen molar-refractivity contribution < 1.29 is 9.59 Å². The maximum Gasteiger partial charge on any atom is 0.271 e. The van der Waals surface area contributed by atoms with Crippen LogP contribution < -0.4 is 20.9 Å². The molecule has 0 aliphatic carbocycles. The molecule has 5 rings (SSSR count). The monoisotopic (exact) mass is 560 g/mol. The van der Waals surface area contributed by atoms with Gasteiger partial charge in [0.15, 0.2) is 23.1 Å². The molecule has 0 unspecified atom stereocenters. The van der Waals surface area contributed by atoms with Gasteiger partial charge >= 0.3 is 0 Å². The summed E-state index contributed by atoms with van der Waals surface area (Å²) in [7, 11) is 2.21. The molecule has 2 aromatic rings. The number of amides is 1. The van der Waals surface area contributed by atoms with Gasteiger partial charge in [0.25, 0.3) is 5.91 Å². The molecule has 41 heavy (non-hydrogen) atoms. The van der Waals surface area contributed by atoms with Gasteiger partial charge in [0.2, 0.25) is 0 Å². The van der Waals surface area contributed by atoms with Crippen LogP contribution in [0.4, 0.5) is 23.0 Å². The predicted octanol–water partition coefficient (Wildman–Crippen LogP) is 3.07. The highest BCUT2D eigenvalue weighted by molar-refractivity contribution is 5.96. The zero-order chi connectivity index (χ0) is 28.9. The number of piperazine rings is 1. The third-order valence-corrected chi connectivity index (χ3v) is 8.83. The van der Waals surface area contributed by atoms with Gasteiger partial charge in [-0.1, -0.05) is 13.5 Å². The SMILES string of the molecule is C=CC(=O)C[C@H]1CCN(c2nc(Nc3ccc(N4CCC(N5CCN(C)CC5)CC4)cc3)c(C(N)=O)nc2CC)C1. The lowest BCUT2D eigenvalue weighted by molar-refractivity contribution is -0.115. The lowest BCUT2D eigenvalue weighted by atomic mass is 10.0. The van der Waals surface area contributed by atoms with Crippen LogP contribution in [-0.4, -0.2) is 96.9 Å². The van der Waals surface area contributed by atoms with Crippen molar-refractivity contribution in [3.05, 3.63) is 48.3 Å². The quantitative estimate of drug-likeness (QED) is 0.424. The third kappa shape index (κ3) is 6.87. The fourth-order valence-electron chi connectivity index (χ4n) is 6.34. The average Bonchev–Trinajstić information content (AvgIpc) is 3.46. The standard InChI is InChI=1S/C31H44N8O2/c1-4-26(40)20-22-10-13-39(21-22)31-27(5-2)34-28(29(32)41)30(35-31)33-23-6-8-24(9-7-23)37-14-11-25(12-15-37)38-18-16-36(3)17-19-38/h4,6-9,22,25H,1,5,10-21H2,2-3H3,(H2,32,41)(H,33,35)/t22-/m1/s1.